The molecule has 5 unspecified atom stereocenters. The van der Waals surface area contributed by atoms with Gasteiger partial charge in [0.2, 0.25) is 5.91 Å². The lowest BCUT2D eigenvalue weighted by Crippen LogP contribution is -2.44. The largest absolute Gasteiger partial charge is 0.352 e. The van der Waals surface area contributed by atoms with Crippen molar-refractivity contribution in [1.82, 2.24) is 5.32 Å². The molecule has 0 aliphatic heterocycles. The van der Waals surface area contributed by atoms with Gasteiger partial charge in [0.15, 0.2) is 0 Å². The van der Waals surface area contributed by atoms with Gasteiger partial charge >= 0.3 is 0 Å². The first kappa shape index (κ1) is 15.7. The van der Waals surface area contributed by atoms with E-state index in [1.54, 1.807) is 0 Å². The van der Waals surface area contributed by atoms with Crippen LogP contribution in [0.3, 0.4) is 0 Å². The Labute approximate surface area is 132 Å². The summed E-state index contributed by atoms with van der Waals surface area (Å²) < 4.78 is 0. The highest BCUT2D eigenvalue weighted by atomic mass is 16.2. The van der Waals surface area contributed by atoms with Crippen molar-refractivity contribution in [3.05, 3.63) is 11.6 Å². The molecule has 5 atom stereocenters. The third-order valence-electron chi connectivity index (χ3n) is 6.71. The highest BCUT2D eigenvalue weighted by molar-refractivity contribution is 5.99. The predicted octanol–water partition coefficient (Wildman–Crippen LogP) is 2.04. The quantitative estimate of drug-likeness (QED) is 0.781. The maximum absolute atomic E-state index is 12.9. The molecule has 3 rings (SSSR count). The maximum Gasteiger partial charge on any atom is 0.247 e. The number of nitrogens with two attached hydrogens (primary N) is 1. The zero-order valence-corrected chi connectivity index (χ0v) is 13.9. The van der Waals surface area contributed by atoms with Crippen LogP contribution in [0.4, 0.5) is 0 Å². The van der Waals surface area contributed by atoms with Crippen molar-refractivity contribution >= 4 is 11.7 Å². The van der Waals surface area contributed by atoms with Crippen molar-refractivity contribution in [2.75, 3.05) is 13.1 Å². The molecule has 1 amide bonds. The lowest BCUT2D eigenvalue weighted by Gasteiger charge is -2.40. The molecule has 0 aromatic heterocycles. The molecule has 4 nitrogen and oxygen atoms in total. The zero-order valence-electron chi connectivity index (χ0n) is 13.9. The highest BCUT2D eigenvalue weighted by Crippen LogP contribution is 2.71. The smallest absolute Gasteiger partial charge is 0.247 e. The fourth-order valence-electron chi connectivity index (χ4n) is 5.81. The molecule has 4 heteroatoms. The van der Waals surface area contributed by atoms with E-state index >= 15 is 0 Å². The molecule has 0 saturated heterocycles. The number of carbonyl (C=O) groups excluding carboxylic acids is 2. The van der Waals surface area contributed by atoms with Gasteiger partial charge in [-0.3, -0.25) is 9.59 Å². The van der Waals surface area contributed by atoms with E-state index in [2.05, 4.69) is 32.2 Å². The summed E-state index contributed by atoms with van der Waals surface area (Å²) in [5.41, 5.74) is 5.84. The Bertz CT molecular complexity index is 541. The van der Waals surface area contributed by atoms with E-state index in [1.807, 2.05) is 0 Å². The van der Waals surface area contributed by atoms with Crippen LogP contribution in [0.2, 0.25) is 0 Å². The van der Waals surface area contributed by atoms with Gasteiger partial charge in [-0.15, -0.1) is 0 Å². The third-order valence-corrected chi connectivity index (χ3v) is 6.71. The normalized spacial score (nSPS) is 43.0. The van der Waals surface area contributed by atoms with Gasteiger partial charge in [0.25, 0.3) is 0 Å². The van der Waals surface area contributed by atoms with E-state index in [9.17, 15) is 9.59 Å². The van der Waals surface area contributed by atoms with Crippen molar-refractivity contribution in [3.8, 4) is 0 Å². The van der Waals surface area contributed by atoms with Crippen LogP contribution < -0.4 is 11.1 Å². The Morgan fingerprint density at radius 3 is 2.86 bits per heavy atom. The van der Waals surface area contributed by atoms with Gasteiger partial charge in [-0.2, -0.15) is 0 Å². The van der Waals surface area contributed by atoms with Crippen molar-refractivity contribution in [2.45, 2.75) is 46.5 Å². The standard InChI is InChI=1S/C18H28N2O2/c1-11-9-15(21)18-12(2)13(16(22)20-8-4-7-19)10-17(18,3)6-5-14(11)18/h10-12,14H,4-9,19H2,1-3H3,(H,20,22). The first-order valence-electron chi connectivity index (χ1n) is 8.63. The fourth-order valence-corrected chi connectivity index (χ4v) is 5.81. The van der Waals surface area contributed by atoms with Gasteiger partial charge in [-0.05, 0) is 49.0 Å². The van der Waals surface area contributed by atoms with E-state index in [1.165, 1.54) is 0 Å². The molecule has 3 aliphatic rings. The van der Waals surface area contributed by atoms with Crippen LogP contribution in [0.25, 0.3) is 0 Å². The first-order chi connectivity index (χ1) is 10.4. The lowest BCUT2D eigenvalue weighted by molar-refractivity contribution is -0.132. The van der Waals surface area contributed by atoms with Crippen LogP contribution >= 0.6 is 0 Å². The number of Topliss-reactive ketones (excluding diaryl/α,β-unsaturated/α-hetero) is 1. The molecule has 0 heterocycles. The minimum Gasteiger partial charge on any atom is -0.352 e. The van der Waals surface area contributed by atoms with E-state index in [-0.39, 0.29) is 22.7 Å². The Balaban J connectivity index is 1.90. The molecule has 2 saturated carbocycles. The summed E-state index contributed by atoms with van der Waals surface area (Å²) in [7, 11) is 0. The molecule has 0 aromatic rings. The summed E-state index contributed by atoms with van der Waals surface area (Å²) in [5, 5.41) is 2.97. The minimum absolute atomic E-state index is 0.00273. The number of nitrogens with one attached hydrogen (secondary N) is 1. The van der Waals surface area contributed by atoms with E-state index in [0.29, 0.717) is 37.1 Å². The summed E-state index contributed by atoms with van der Waals surface area (Å²) >= 11 is 0. The Kier molecular flexibility index (Phi) is 3.71. The minimum atomic E-state index is -0.326. The average molecular weight is 304 g/mol. The van der Waals surface area contributed by atoms with E-state index < -0.39 is 0 Å². The molecule has 3 N–H and O–H groups in total. The number of carbonyl (C=O) groups is 2. The third kappa shape index (κ3) is 1.79. The molecular weight excluding hydrogens is 276 g/mol. The van der Waals surface area contributed by atoms with Gasteiger partial charge < -0.3 is 11.1 Å². The summed E-state index contributed by atoms with van der Waals surface area (Å²) in [6, 6.07) is 0. The van der Waals surface area contributed by atoms with Crippen LogP contribution in [0.15, 0.2) is 11.6 Å². The van der Waals surface area contributed by atoms with Gasteiger partial charge in [-0.25, -0.2) is 0 Å². The lowest BCUT2D eigenvalue weighted by atomic mass is 9.60. The van der Waals surface area contributed by atoms with Gasteiger partial charge in [0.1, 0.15) is 5.78 Å². The van der Waals surface area contributed by atoms with Crippen LogP contribution in [0.5, 0.6) is 0 Å². The predicted molar refractivity (Wildman–Crippen MR) is 86.0 cm³/mol. The van der Waals surface area contributed by atoms with Gasteiger partial charge in [0.05, 0.1) is 0 Å². The van der Waals surface area contributed by atoms with Gasteiger partial charge in [0, 0.05) is 24.0 Å². The number of ketones is 1. The van der Waals surface area contributed by atoms with Crippen LogP contribution in [0.1, 0.15) is 46.5 Å². The highest BCUT2D eigenvalue weighted by Gasteiger charge is 2.70. The zero-order chi connectivity index (χ0) is 16.1. The number of hydrogen-bond donors (Lipinski definition) is 2. The van der Waals surface area contributed by atoms with Crippen LogP contribution in [-0.4, -0.2) is 24.8 Å². The Morgan fingerprint density at radius 1 is 1.45 bits per heavy atom. The van der Waals surface area contributed by atoms with Crippen molar-refractivity contribution in [1.29, 1.82) is 0 Å². The molecule has 3 aliphatic carbocycles. The second kappa shape index (κ2) is 5.19. The summed E-state index contributed by atoms with van der Waals surface area (Å²) in [6.07, 6.45) is 5.74. The topological polar surface area (TPSA) is 72.2 Å². The average Bonchev–Trinajstić information content (AvgIpc) is 2.99. The first-order valence-corrected chi connectivity index (χ1v) is 8.63. The summed E-state index contributed by atoms with van der Waals surface area (Å²) in [4.78, 5) is 25.5. The number of amides is 1. The summed E-state index contributed by atoms with van der Waals surface area (Å²) in [6.45, 7) is 7.67. The fraction of sp³-hybridized carbons (Fsp3) is 0.778. The van der Waals surface area contributed by atoms with Crippen molar-refractivity contribution in [3.63, 3.8) is 0 Å². The molecule has 2 fully saturated rings. The number of hydrogen-bond acceptors (Lipinski definition) is 3. The van der Waals surface area contributed by atoms with Crippen LogP contribution in [-0.2, 0) is 9.59 Å². The number of allylic oxidation sites excluding steroid dienone is 1. The van der Waals surface area contributed by atoms with Gasteiger partial charge in [-0.1, -0.05) is 26.8 Å². The molecule has 122 valence electrons. The van der Waals surface area contributed by atoms with E-state index in [4.69, 9.17) is 5.73 Å². The molecule has 0 radical (unpaired) electrons. The Hall–Kier alpha value is -1.16. The molecule has 22 heavy (non-hydrogen) atoms. The molecular formula is C18H28N2O2. The summed E-state index contributed by atoms with van der Waals surface area (Å²) in [5.74, 6) is 1.30. The van der Waals surface area contributed by atoms with Crippen LogP contribution in [0, 0.1) is 28.6 Å². The second-order valence-electron chi connectivity index (χ2n) is 7.76. The van der Waals surface area contributed by atoms with Crippen molar-refractivity contribution < 1.29 is 9.59 Å². The Morgan fingerprint density at radius 2 is 2.18 bits per heavy atom. The molecule has 0 aromatic carbocycles. The molecule has 1 spiro atoms. The van der Waals surface area contributed by atoms with Crippen molar-refractivity contribution in [2.24, 2.45) is 34.3 Å². The SMILES string of the molecule is CC1CC(=O)C23C(C)C(C(=O)NCCCN)=CC2(C)CCC13. The second-order valence-corrected chi connectivity index (χ2v) is 7.76. The molecule has 0 bridgehead atoms. The maximum atomic E-state index is 12.9. The van der Waals surface area contributed by atoms with E-state index in [0.717, 1.165) is 24.8 Å². The number of rotatable bonds is 4. The monoisotopic (exact) mass is 304 g/mol.